The Morgan fingerprint density at radius 2 is 1.80 bits per heavy atom. The summed E-state index contributed by atoms with van der Waals surface area (Å²) in [5.41, 5.74) is 2.03. The number of ether oxygens (including phenoxy) is 3. The van der Waals surface area contributed by atoms with E-state index in [2.05, 4.69) is 5.32 Å². The van der Waals surface area contributed by atoms with Crippen LogP contribution in [0.2, 0.25) is 0 Å². The fraction of sp³-hybridized carbons (Fsp3) is 0.269. The Balaban J connectivity index is 1.39. The van der Waals surface area contributed by atoms with Crippen LogP contribution in [-0.2, 0) is 19.5 Å². The molecule has 0 unspecified atom stereocenters. The number of rotatable bonds is 5. The molecule has 0 fully saturated rings. The average Bonchev–Trinajstić information content (AvgIpc) is 3.24. The molecule has 0 atom stereocenters. The van der Waals surface area contributed by atoms with Gasteiger partial charge in [-0.05, 0) is 29.8 Å². The van der Waals surface area contributed by atoms with Crippen LogP contribution in [0.25, 0.3) is 0 Å². The molecule has 0 bridgehead atoms. The lowest BCUT2D eigenvalue weighted by atomic mass is 10.1. The first-order chi connectivity index (χ1) is 17.0. The smallest absolute Gasteiger partial charge is 0.257 e. The van der Waals surface area contributed by atoms with E-state index in [9.17, 15) is 14.4 Å². The number of carbonyl (C=O) groups excluding carboxylic acids is 2. The predicted octanol–water partition coefficient (Wildman–Crippen LogP) is 2.21. The van der Waals surface area contributed by atoms with Crippen molar-refractivity contribution in [2.75, 3.05) is 27.0 Å². The van der Waals surface area contributed by atoms with Crippen molar-refractivity contribution in [3.8, 4) is 17.2 Å². The maximum absolute atomic E-state index is 13.3. The second-order valence-electron chi connectivity index (χ2n) is 8.30. The second kappa shape index (κ2) is 9.54. The SMILES string of the molecule is COc1cc(=O)n2c(c1C(=O)NCc1ccc3c(c1)OCO3)CCN(C(=O)c1ccccc1)CC2. The van der Waals surface area contributed by atoms with Gasteiger partial charge >= 0.3 is 0 Å². The van der Waals surface area contributed by atoms with E-state index in [0.717, 1.165) is 5.56 Å². The minimum Gasteiger partial charge on any atom is -0.496 e. The second-order valence-corrected chi connectivity index (χ2v) is 8.30. The Hall–Kier alpha value is -4.27. The minimum atomic E-state index is -0.355. The number of amides is 2. The summed E-state index contributed by atoms with van der Waals surface area (Å²) in [5.74, 6) is 1.06. The van der Waals surface area contributed by atoms with Crippen LogP contribution < -0.4 is 25.1 Å². The predicted molar refractivity (Wildman–Crippen MR) is 127 cm³/mol. The summed E-state index contributed by atoms with van der Waals surface area (Å²) in [6, 6.07) is 15.8. The van der Waals surface area contributed by atoms with Gasteiger partial charge in [0.1, 0.15) is 11.3 Å². The fourth-order valence-electron chi connectivity index (χ4n) is 4.44. The molecule has 35 heavy (non-hydrogen) atoms. The highest BCUT2D eigenvalue weighted by molar-refractivity contribution is 5.98. The van der Waals surface area contributed by atoms with E-state index in [-0.39, 0.29) is 36.5 Å². The van der Waals surface area contributed by atoms with Gasteiger partial charge in [0, 0.05) is 49.9 Å². The van der Waals surface area contributed by atoms with Crippen LogP contribution in [0.4, 0.5) is 0 Å². The topological polar surface area (TPSA) is 99.1 Å². The standard InChI is InChI=1S/C26H25N3O6/c1-33-22-14-23(30)29-12-11-28(26(32)18-5-3-2-4-6-18)10-9-19(29)24(22)25(31)27-15-17-7-8-20-21(13-17)35-16-34-20/h2-8,13-14H,9-12,15-16H2,1H3,(H,27,31). The molecule has 0 saturated carbocycles. The van der Waals surface area contributed by atoms with E-state index in [1.807, 2.05) is 30.3 Å². The zero-order chi connectivity index (χ0) is 24.4. The molecule has 2 aliphatic heterocycles. The molecule has 0 radical (unpaired) electrons. The summed E-state index contributed by atoms with van der Waals surface area (Å²) in [7, 11) is 1.43. The van der Waals surface area contributed by atoms with Crippen molar-refractivity contribution in [2.45, 2.75) is 19.5 Å². The molecule has 3 aromatic rings. The molecular formula is C26H25N3O6. The average molecular weight is 476 g/mol. The molecular weight excluding hydrogens is 450 g/mol. The fourth-order valence-corrected chi connectivity index (χ4v) is 4.44. The van der Waals surface area contributed by atoms with Crippen molar-refractivity contribution < 1.29 is 23.8 Å². The highest BCUT2D eigenvalue weighted by Gasteiger charge is 2.27. The molecule has 2 aromatic carbocycles. The molecule has 2 amide bonds. The van der Waals surface area contributed by atoms with Gasteiger partial charge in [-0.3, -0.25) is 14.4 Å². The Bertz CT molecular complexity index is 1330. The lowest BCUT2D eigenvalue weighted by Crippen LogP contribution is -2.34. The maximum Gasteiger partial charge on any atom is 0.257 e. The van der Waals surface area contributed by atoms with Gasteiger partial charge in [-0.25, -0.2) is 0 Å². The Morgan fingerprint density at radius 1 is 1.00 bits per heavy atom. The monoisotopic (exact) mass is 475 g/mol. The van der Waals surface area contributed by atoms with Gasteiger partial charge in [0.05, 0.1) is 7.11 Å². The van der Waals surface area contributed by atoms with Crippen LogP contribution in [0, 0.1) is 0 Å². The zero-order valence-electron chi connectivity index (χ0n) is 19.3. The van der Waals surface area contributed by atoms with E-state index < -0.39 is 0 Å². The first kappa shape index (κ1) is 22.5. The van der Waals surface area contributed by atoms with Gasteiger partial charge in [-0.1, -0.05) is 24.3 Å². The third-order valence-corrected chi connectivity index (χ3v) is 6.24. The zero-order valence-corrected chi connectivity index (χ0v) is 19.3. The lowest BCUT2D eigenvalue weighted by molar-refractivity contribution is 0.0759. The molecule has 0 aliphatic carbocycles. The summed E-state index contributed by atoms with van der Waals surface area (Å²) in [6.07, 6.45) is 0.345. The van der Waals surface area contributed by atoms with Crippen molar-refractivity contribution >= 4 is 11.8 Å². The van der Waals surface area contributed by atoms with Gasteiger partial charge in [-0.2, -0.15) is 0 Å². The number of hydrogen-bond acceptors (Lipinski definition) is 6. The van der Waals surface area contributed by atoms with Crippen molar-refractivity contribution in [1.82, 2.24) is 14.8 Å². The van der Waals surface area contributed by atoms with Gasteiger partial charge in [-0.15, -0.1) is 0 Å². The number of pyridine rings is 1. The summed E-state index contributed by atoms with van der Waals surface area (Å²) in [4.78, 5) is 40.8. The summed E-state index contributed by atoms with van der Waals surface area (Å²) in [5, 5.41) is 2.92. The number of hydrogen-bond donors (Lipinski definition) is 1. The van der Waals surface area contributed by atoms with E-state index in [1.165, 1.54) is 13.2 Å². The number of aromatic nitrogens is 1. The summed E-state index contributed by atoms with van der Waals surface area (Å²) >= 11 is 0. The molecule has 180 valence electrons. The number of benzene rings is 2. The van der Waals surface area contributed by atoms with Gasteiger partial charge in [0.15, 0.2) is 11.5 Å². The molecule has 3 heterocycles. The van der Waals surface area contributed by atoms with Gasteiger partial charge in [0.2, 0.25) is 6.79 Å². The first-order valence-electron chi connectivity index (χ1n) is 11.4. The largest absolute Gasteiger partial charge is 0.496 e. The van der Waals surface area contributed by atoms with Crippen molar-refractivity contribution in [1.29, 1.82) is 0 Å². The van der Waals surface area contributed by atoms with E-state index in [1.54, 1.807) is 27.7 Å². The highest BCUT2D eigenvalue weighted by atomic mass is 16.7. The van der Waals surface area contributed by atoms with Crippen LogP contribution in [0.15, 0.2) is 59.4 Å². The molecule has 0 spiro atoms. The number of methoxy groups -OCH3 is 1. The third-order valence-electron chi connectivity index (χ3n) is 6.24. The number of nitrogens with zero attached hydrogens (tertiary/aromatic N) is 2. The summed E-state index contributed by atoms with van der Waals surface area (Å²) < 4.78 is 17.7. The van der Waals surface area contributed by atoms with Crippen LogP contribution in [-0.4, -0.2) is 48.3 Å². The van der Waals surface area contributed by atoms with Crippen molar-refractivity contribution in [3.63, 3.8) is 0 Å². The number of carbonyl (C=O) groups is 2. The van der Waals surface area contributed by atoms with Crippen LogP contribution >= 0.6 is 0 Å². The summed E-state index contributed by atoms with van der Waals surface area (Å²) in [6.45, 7) is 1.47. The number of nitrogens with one attached hydrogen (secondary N) is 1. The maximum atomic E-state index is 13.3. The molecule has 1 N–H and O–H groups in total. The molecule has 9 nitrogen and oxygen atoms in total. The molecule has 2 aliphatic rings. The van der Waals surface area contributed by atoms with E-state index in [4.69, 9.17) is 14.2 Å². The molecule has 0 saturated heterocycles. The van der Waals surface area contributed by atoms with Gasteiger partial charge < -0.3 is 29.0 Å². The van der Waals surface area contributed by atoms with Crippen molar-refractivity contribution in [2.24, 2.45) is 0 Å². The Morgan fingerprint density at radius 3 is 2.60 bits per heavy atom. The molecule has 1 aromatic heterocycles. The minimum absolute atomic E-state index is 0.104. The van der Waals surface area contributed by atoms with E-state index >= 15 is 0 Å². The Kier molecular flexibility index (Phi) is 6.13. The quantitative estimate of drug-likeness (QED) is 0.608. The lowest BCUT2D eigenvalue weighted by Gasteiger charge is -2.19. The Labute approximate surface area is 201 Å². The van der Waals surface area contributed by atoms with Crippen LogP contribution in [0.1, 0.15) is 32.0 Å². The first-order valence-corrected chi connectivity index (χ1v) is 11.4. The number of fused-ring (bicyclic) bond motifs is 2. The van der Waals surface area contributed by atoms with Crippen LogP contribution in [0.5, 0.6) is 17.2 Å². The normalized spacial score (nSPS) is 14.1. The van der Waals surface area contributed by atoms with E-state index in [0.29, 0.717) is 54.4 Å². The molecule has 5 rings (SSSR count). The highest BCUT2D eigenvalue weighted by Crippen LogP contribution is 2.32. The van der Waals surface area contributed by atoms with Gasteiger partial charge in [0.25, 0.3) is 17.4 Å². The van der Waals surface area contributed by atoms with Crippen molar-refractivity contribution in [3.05, 3.63) is 87.3 Å². The van der Waals surface area contributed by atoms with Crippen LogP contribution in [0.3, 0.4) is 0 Å². The third kappa shape index (κ3) is 4.44. The molecule has 9 heteroatoms.